The van der Waals surface area contributed by atoms with Crippen LogP contribution in [0.1, 0.15) is 54.2 Å². The molecule has 0 aliphatic heterocycles. The van der Waals surface area contributed by atoms with Gasteiger partial charge in [-0.2, -0.15) is 0 Å². The van der Waals surface area contributed by atoms with Gasteiger partial charge in [0.1, 0.15) is 37.1 Å². The molecule has 3 nitrogen and oxygen atoms in total. The molecule has 0 aromatic heterocycles. The first-order valence-electron chi connectivity index (χ1n) is 14.0. The highest BCUT2D eigenvalue weighted by Crippen LogP contribution is 2.34. The molecule has 0 saturated heterocycles. The first-order valence-corrected chi connectivity index (χ1v) is 18.8. The van der Waals surface area contributed by atoms with Crippen LogP contribution in [0.25, 0.3) is 0 Å². The topological polar surface area (TPSA) is 27.7 Å². The van der Waals surface area contributed by atoms with E-state index < -0.39 is 3.25 Å². The van der Waals surface area contributed by atoms with Crippen LogP contribution in [-0.2, 0) is 39.1 Å². The Morgan fingerprint density at radius 1 is 0.432 bits per heavy atom. The summed E-state index contributed by atoms with van der Waals surface area (Å²) in [6, 6.07) is 24.7. The lowest BCUT2D eigenvalue weighted by Crippen LogP contribution is -2.17. The molecule has 0 spiro atoms. The second kappa shape index (κ2) is 18.8. The predicted molar refractivity (Wildman–Crippen MR) is 211 cm³/mol. The molecule has 236 valence electrons. The average Bonchev–Trinajstić information content (AvgIpc) is 2.98. The maximum Gasteiger partial charge on any atom is 0.266 e. The van der Waals surface area contributed by atoms with Crippen LogP contribution in [-0.4, -0.2) is 3.25 Å². The van der Waals surface area contributed by atoms with E-state index in [1.54, 1.807) is 0 Å². The van der Waals surface area contributed by atoms with Crippen LogP contribution >= 0.6 is 114 Å². The maximum atomic E-state index is 6.38. The van der Waals surface area contributed by atoms with Gasteiger partial charge in [0.05, 0.1) is 0 Å². The van der Waals surface area contributed by atoms with Gasteiger partial charge in [0.15, 0.2) is 0 Å². The lowest BCUT2D eigenvalue weighted by Gasteiger charge is -2.26. The molecule has 0 fully saturated rings. The van der Waals surface area contributed by atoms with Gasteiger partial charge in [-0.25, -0.2) is 0 Å². The molecule has 0 atom stereocenters. The molecule has 0 bridgehead atoms. The van der Waals surface area contributed by atoms with Gasteiger partial charge in [-0.3, -0.25) is 0 Å². The molecule has 4 aromatic carbocycles. The number of ether oxygens (including phenoxy) is 3. The molecule has 0 aliphatic rings. The van der Waals surface area contributed by atoms with E-state index in [4.69, 9.17) is 60.6 Å². The summed E-state index contributed by atoms with van der Waals surface area (Å²) in [5.74, 6) is 2.65. The standard InChI is InChI=1S/C33H33I3O3.CCl4/c1-4-28-31(19-37-25-13-7-22(34)8-14-25)29(5-2)33(21-39-27-17-11-24(36)12-18-27)30(6-3)32(28)20-38-26-15-9-23(35)10-16-26;2-1(3,4)5/h7-18H,4-6,19-21H2,1-3H3;. The minimum Gasteiger partial charge on any atom is -0.489 e. The summed E-state index contributed by atoms with van der Waals surface area (Å²) in [5, 5.41) is 0. The fraction of sp³-hybridized carbons (Fsp3) is 0.294. The zero-order chi connectivity index (χ0) is 32.3. The van der Waals surface area contributed by atoms with Gasteiger partial charge < -0.3 is 14.2 Å². The van der Waals surface area contributed by atoms with E-state index in [1.807, 2.05) is 36.4 Å². The van der Waals surface area contributed by atoms with Crippen LogP contribution in [0, 0.1) is 10.7 Å². The van der Waals surface area contributed by atoms with Crippen molar-refractivity contribution in [2.45, 2.75) is 63.1 Å². The number of benzene rings is 4. The molecule has 0 unspecified atom stereocenters. The van der Waals surface area contributed by atoms with Crippen LogP contribution in [0.5, 0.6) is 17.2 Å². The second-order valence-electron chi connectivity index (χ2n) is 9.59. The Labute approximate surface area is 322 Å². The Morgan fingerprint density at radius 3 is 0.818 bits per heavy atom. The van der Waals surface area contributed by atoms with Gasteiger partial charge in [0, 0.05) is 10.7 Å². The van der Waals surface area contributed by atoms with Crippen LogP contribution in [0.15, 0.2) is 72.8 Å². The van der Waals surface area contributed by atoms with E-state index in [2.05, 4.69) is 125 Å². The number of rotatable bonds is 12. The zero-order valence-electron chi connectivity index (χ0n) is 24.5. The highest BCUT2D eigenvalue weighted by molar-refractivity contribution is 14.1. The smallest absolute Gasteiger partial charge is 0.266 e. The Hall–Kier alpha value is -0.370. The van der Waals surface area contributed by atoms with Gasteiger partial charge >= 0.3 is 0 Å². The highest BCUT2D eigenvalue weighted by Gasteiger charge is 2.23. The van der Waals surface area contributed by atoms with Crippen molar-refractivity contribution >= 4 is 114 Å². The third-order valence-corrected chi connectivity index (χ3v) is 8.99. The van der Waals surface area contributed by atoms with Crippen molar-refractivity contribution in [2.75, 3.05) is 0 Å². The van der Waals surface area contributed by atoms with Crippen molar-refractivity contribution in [1.29, 1.82) is 0 Å². The summed E-state index contributed by atoms with van der Waals surface area (Å²) < 4.78 is 21.1. The Kier molecular flexibility index (Phi) is 16.3. The highest BCUT2D eigenvalue weighted by atomic mass is 127. The van der Waals surface area contributed by atoms with Crippen molar-refractivity contribution in [2.24, 2.45) is 0 Å². The minimum absolute atomic E-state index is 0.518. The van der Waals surface area contributed by atoms with Gasteiger partial charge in [-0.05, 0) is 193 Å². The van der Waals surface area contributed by atoms with Crippen molar-refractivity contribution < 1.29 is 14.2 Å². The van der Waals surface area contributed by atoms with Gasteiger partial charge in [0.2, 0.25) is 0 Å². The van der Waals surface area contributed by atoms with E-state index in [0.717, 1.165) is 36.5 Å². The van der Waals surface area contributed by atoms with Crippen LogP contribution in [0.2, 0.25) is 0 Å². The molecule has 10 heteroatoms. The fourth-order valence-electron chi connectivity index (χ4n) is 4.95. The third kappa shape index (κ3) is 12.3. The SMILES string of the molecule is CCc1c(COc2ccc(I)cc2)c(CC)c(COc2ccc(I)cc2)c(CC)c1COc1ccc(I)cc1.ClC(Cl)(Cl)Cl. The van der Waals surface area contributed by atoms with Gasteiger partial charge in [0.25, 0.3) is 3.25 Å². The van der Waals surface area contributed by atoms with Gasteiger partial charge in [-0.15, -0.1) is 0 Å². The molecule has 0 amide bonds. The Morgan fingerprint density at radius 2 is 0.636 bits per heavy atom. The summed E-state index contributed by atoms with van der Waals surface area (Å²) in [6.07, 6.45) is 2.74. The van der Waals surface area contributed by atoms with Crippen molar-refractivity contribution in [3.05, 3.63) is 117 Å². The van der Waals surface area contributed by atoms with E-state index in [1.165, 1.54) is 44.1 Å². The molecule has 0 heterocycles. The lowest BCUT2D eigenvalue weighted by molar-refractivity contribution is 0.288. The molecule has 44 heavy (non-hydrogen) atoms. The summed E-state index contributed by atoms with van der Waals surface area (Å²) in [4.78, 5) is 0. The Balaban J connectivity index is 0.000000978. The maximum absolute atomic E-state index is 6.38. The number of alkyl halides is 4. The second-order valence-corrected chi connectivity index (χ2v) is 16.8. The molecule has 4 aromatic rings. The molecule has 4 rings (SSSR count). The number of hydrogen-bond donors (Lipinski definition) is 0. The monoisotopic (exact) mass is 1010 g/mol. The van der Waals surface area contributed by atoms with E-state index in [9.17, 15) is 0 Å². The zero-order valence-corrected chi connectivity index (χ0v) is 34.0. The van der Waals surface area contributed by atoms with E-state index in [-0.39, 0.29) is 0 Å². The normalized spacial score (nSPS) is 11.0. The fourth-order valence-corrected chi connectivity index (χ4v) is 6.03. The van der Waals surface area contributed by atoms with Gasteiger partial charge in [-0.1, -0.05) is 67.2 Å². The summed E-state index contributed by atoms with van der Waals surface area (Å²) in [7, 11) is 0. The van der Waals surface area contributed by atoms with Crippen LogP contribution in [0.4, 0.5) is 0 Å². The minimum atomic E-state index is -1.61. The first kappa shape index (κ1) is 38.1. The van der Waals surface area contributed by atoms with Crippen molar-refractivity contribution in [3.8, 4) is 17.2 Å². The Bertz CT molecular complexity index is 1280. The molecule has 0 aliphatic carbocycles. The van der Waals surface area contributed by atoms with Crippen molar-refractivity contribution in [1.82, 2.24) is 0 Å². The number of hydrogen-bond acceptors (Lipinski definition) is 3. The summed E-state index contributed by atoms with van der Waals surface area (Å²) in [5.41, 5.74) is 7.78. The van der Waals surface area contributed by atoms with E-state index in [0.29, 0.717) is 19.8 Å². The largest absolute Gasteiger partial charge is 0.489 e. The van der Waals surface area contributed by atoms with Crippen molar-refractivity contribution in [3.63, 3.8) is 0 Å². The lowest BCUT2D eigenvalue weighted by atomic mass is 9.84. The predicted octanol–water partition coefficient (Wildman–Crippen LogP) is 12.5. The van der Waals surface area contributed by atoms with Crippen LogP contribution < -0.4 is 14.2 Å². The first-order chi connectivity index (χ1) is 20.9. The average molecular weight is 1010 g/mol. The number of halogens is 7. The third-order valence-electron chi connectivity index (χ3n) is 6.84. The summed E-state index contributed by atoms with van der Waals surface area (Å²) >= 11 is 26.3. The molecule has 0 N–H and O–H groups in total. The van der Waals surface area contributed by atoms with E-state index >= 15 is 0 Å². The quantitative estimate of drug-likeness (QED) is 0.105. The van der Waals surface area contributed by atoms with Crippen LogP contribution in [0.3, 0.4) is 0 Å². The molecular weight excluding hydrogens is 979 g/mol. The molecular formula is C34H33Cl4I3O3. The molecule has 0 radical (unpaired) electrons. The molecule has 0 saturated carbocycles. The summed E-state index contributed by atoms with van der Waals surface area (Å²) in [6.45, 7) is 8.26.